The summed E-state index contributed by atoms with van der Waals surface area (Å²) in [5, 5.41) is 2.05. The first-order valence-electron chi connectivity index (χ1n) is 6.28. The number of rotatable bonds is 3. The molecule has 1 aromatic carbocycles. The van der Waals surface area contributed by atoms with Crippen LogP contribution in [0.3, 0.4) is 0 Å². The van der Waals surface area contributed by atoms with Crippen LogP contribution >= 0.6 is 11.3 Å². The first-order valence-corrected chi connectivity index (χ1v) is 7.15. The predicted molar refractivity (Wildman–Crippen MR) is 79.1 cm³/mol. The quantitative estimate of drug-likeness (QED) is 0.812. The number of thiophene rings is 1. The Hall–Kier alpha value is -2.07. The highest BCUT2D eigenvalue weighted by Gasteiger charge is 2.30. The normalized spacial score (nSPS) is 13.3. The van der Waals surface area contributed by atoms with Gasteiger partial charge in [-0.25, -0.2) is 4.79 Å². The van der Waals surface area contributed by atoms with Crippen molar-refractivity contribution in [2.24, 2.45) is 0 Å². The van der Waals surface area contributed by atoms with E-state index in [1.807, 2.05) is 29.6 Å². The summed E-state index contributed by atoms with van der Waals surface area (Å²) in [6.07, 6.45) is 0.624. The third-order valence-electron chi connectivity index (χ3n) is 3.45. The lowest BCUT2D eigenvalue weighted by Gasteiger charge is -2.11. The van der Waals surface area contributed by atoms with Crippen LogP contribution < -0.4 is 4.74 Å². The van der Waals surface area contributed by atoms with Gasteiger partial charge < -0.3 is 9.47 Å². The summed E-state index contributed by atoms with van der Waals surface area (Å²) in [5.74, 6) is 0.499. The van der Waals surface area contributed by atoms with Crippen molar-refractivity contribution in [3.63, 3.8) is 0 Å². The molecule has 3 nitrogen and oxygen atoms in total. The molecule has 0 bridgehead atoms. The Morgan fingerprint density at radius 2 is 2.00 bits per heavy atom. The Labute approximate surface area is 121 Å². The number of carbonyl (C=O) groups is 1. The maximum absolute atomic E-state index is 12.0. The van der Waals surface area contributed by atoms with E-state index in [-0.39, 0.29) is 5.97 Å². The summed E-state index contributed by atoms with van der Waals surface area (Å²) in [4.78, 5) is 13.2. The number of methoxy groups -OCH3 is 2. The third-order valence-corrected chi connectivity index (χ3v) is 4.43. The minimum absolute atomic E-state index is 0.269. The van der Waals surface area contributed by atoms with Crippen molar-refractivity contribution in [1.82, 2.24) is 0 Å². The van der Waals surface area contributed by atoms with Crippen LogP contribution in [0, 0.1) is 0 Å². The standard InChI is InChI=1S/C16H14O3S/c1-18-13-6-4-3-5-11(13)14-12(16(17)19-2)9-10-7-8-20-15(10)14/h3-8H,9H2,1-2H3. The lowest BCUT2D eigenvalue weighted by molar-refractivity contribution is -0.136. The number of carbonyl (C=O) groups excluding carboxylic acids is 1. The highest BCUT2D eigenvalue weighted by Crippen LogP contribution is 2.43. The monoisotopic (exact) mass is 286 g/mol. The zero-order chi connectivity index (χ0) is 14.1. The van der Waals surface area contributed by atoms with Crippen LogP contribution in [0.5, 0.6) is 5.75 Å². The molecular weight excluding hydrogens is 272 g/mol. The first kappa shape index (κ1) is 12.9. The van der Waals surface area contributed by atoms with E-state index in [0.29, 0.717) is 12.0 Å². The van der Waals surface area contributed by atoms with E-state index in [9.17, 15) is 4.79 Å². The molecule has 0 radical (unpaired) electrons. The van der Waals surface area contributed by atoms with E-state index < -0.39 is 0 Å². The van der Waals surface area contributed by atoms with Crippen molar-refractivity contribution in [2.45, 2.75) is 6.42 Å². The molecule has 0 fully saturated rings. The van der Waals surface area contributed by atoms with Gasteiger partial charge in [-0.15, -0.1) is 11.3 Å². The van der Waals surface area contributed by atoms with Gasteiger partial charge in [0.25, 0.3) is 0 Å². The summed E-state index contributed by atoms with van der Waals surface area (Å²) >= 11 is 1.64. The second kappa shape index (κ2) is 5.13. The Kier molecular flexibility index (Phi) is 3.32. The maximum Gasteiger partial charge on any atom is 0.334 e. The number of benzene rings is 1. The van der Waals surface area contributed by atoms with Gasteiger partial charge in [-0.2, -0.15) is 0 Å². The van der Waals surface area contributed by atoms with Crippen LogP contribution in [0.25, 0.3) is 5.57 Å². The molecule has 0 spiro atoms. The molecule has 3 rings (SSSR count). The lowest BCUT2D eigenvalue weighted by Crippen LogP contribution is -2.06. The van der Waals surface area contributed by atoms with Gasteiger partial charge in [-0.3, -0.25) is 0 Å². The molecule has 102 valence electrons. The van der Waals surface area contributed by atoms with Gasteiger partial charge in [-0.1, -0.05) is 18.2 Å². The van der Waals surface area contributed by atoms with Gasteiger partial charge in [0, 0.05) is 22.4 Å². The van der Waals surface area contributed by atoms with Crippen LogP contribution in [0.2, 0.25) is 0 Å². The SMILES string of the molecule is COC(=O)C1=C(c2ccccc2OC)c2sccc2C1. The first-order chi connectivity index (χ1) is 9.76. The predicted octanol–water partition coefficient (Wildman–Crippen LogP) is 3.29. The van der Waals surface area contributed by atoms with Gasteiger partial charge in [-0.05, 0) is 23.1 Å². The molecule has 0 aliphatic heterocycles. The summed E-state index contributed by atoms with van der Waals surface area (Å²) in [6, 6.07) is 9.82. The van der Waals surface area contributed by atoms with Gasteiger partial charge in [0.1, 0.15) is 5.75 Å². The summed E-state index contributed by atoms with van der Waals surface area (Å²) in [7, 11) is 3.06. The molecule has 4 heteroatoms. The molecule has 1 heterocycles. The Morgan fingerprint density at radius 3 is 2.75 bits per heavy atom. The van der Waals surface area contributed by atoms with Crippen molar-refractivity contribution in [3.8, 4) is 5.75 Å². The van der Waals surface area contributed by atoms with E-state index in [0.717, 1.165) is 21.8 Å². The summed E-state index contributed by atoms with van der Waals surface area (Å²) < 4.78 is 10.4. The van der Waals surface area contributed by atoms with Crippen LogP contribution in [-0.4, -0.2) is 20.2 Å². The number of esters is 1. The Balaban J connectivity index is 2.23. The van der Waals surface area contributed by atoms with E-state index >= 15 is 0 Å². The van der Waals surface area contributed by atoms with E-state index in [4.69, 9.17) is 9.47 Å². The second-order valence-corrected chi connectivity index (χ2v) is 5.41. The van der Waals surface area contributed by atoms with Crippen LogP contribution in [0.1, 0.15) is 16.0 Å². The van der Waals surface area contributed by atoms with Crippen molar-refractivity contribution in [1.29, 1.82) is 0 Å². The molecule has 20 heavy (non-hydrogen) atoms. The van der Waals surface area contributed by atoms with Crippen LogP contribution in [0.4, 0.5) is 0 Å². The van der Waals surface area contributed by atoms with Gasteiger partial charge in [0.05, 0.1) is 19.8 Å². The Bertz CT molecular complexity index is 697. The largest absolute Gasteiger partial charge is 0.496 e. The fourth-order valence-corrected chi connectivity index (χ4v) is 3.55. The topological polar surface area (TPSA) is 35.5 Å². The van der Waals surface area contributed by atoms with Gasteiger partial charge >= 0.3 is 5.97 Å². The molecule has 0 saturated heterocycles. The van der Waals surface area contributed by atoms with E-state index in [1.54, 1.807) is 18.4 Å². The molecule has 0 unspecified atom stereocenters. The van der Waals surface area contributed by atoms with Gasteiger partial charge in [0.2, 0.25) is 0 Å². The highest BCUT2D eigenvalue weighted by molar-refractivity contribution is 7.11. The van der Waals surface area contributed by atoms with Crippen LogP contribution in [-0.2, 0) is 16.0 Å². The molecular formula is C16H14O3S. The zero-order valence-corrected chi connectivity index (χ0v) is 12.1. The molecule has 2 aromatic rings. The number of fused-ring (bicyclic) bond motifs is 1. The third kappa shape index (κ3) is 1.93. The van der Waals surface area contributed by atoms with Crippen molar-refractivity contribution < 1.29 is 14.3 Å². The average molecular weight is 286 g/mol. The average Bonchev–Trinajstić information content (AvgIpc) is 3.06. The molecule has 1 aliphatic rings. The van der Waals surface area contributed by atoms with Crippen molar-refractivity contribution in [3.05, 3.63) is 57.3 Å². The molecule has 0 amide bonds. The zero-order valence-electron chi connectivity index (χ0n) is 11.3. The van der Waals surface area contributed by atoms with Crippen LogP contribution in [0.15, 0.2) is 41.3 Å². The minimum Gasteiger partial charge on any atom is -0.496 e. The van der Waals surface area contributed by atoms with E-state index in [1.165, 1.54) is 12.7 Å². The van der Waals surface area contributed by atoms with Crippen molar-refractivity contribution in [2.75, 3.05) is 14.2 Å². The smallest absolute Gasteiger partial charge is 0.334 e. The molecule has 0 atom stereocenters. The Morgan fingerprint density at radius 1 is 1.20 bits per heavy atom. The highest BCUT2D eigenvalue weighted by atomic mass is 32.1. The maximum atomic E-state index is 12.0. The van der Waals surface area contributed by atoms with E-state index in [2.05, 4.69) is 6.07 Å². The fraction of sp³-hybridized carbons (Fsp3) is 0.188. The van der Waals surface area contributed by atoms with Gasteiger partial charge in [0.15, 0.2) is 0 Å². The molecule has 1 aliphatic carbocycles. The minimum atomic E-state index is -0.269. The number of ether oxygens (including phenoxy) is 2. The number of hydrogen-bond acceptors (Lipinski definition) is 4. The second-order valence-electron chi connectivity index (χ2n) is 4.50. The number of hydrogen-bond donors (Lipinski definition) is 0. The fourth-order valence-electron chi connectivity index (χ4n) is 2.54. The number of para-hydroxylation sites is 1. The molecule has 1 aromatic heterocycles. The molecule has 0 saturated carbocycles. The lowest BCUT2D eigenvalue weighted by atomic mass is 10.0. The van der Waals surface area contributed by atoms with Crippen molar-refractivity contribution >= 4 is 22.9 Å². The summed E-state index contributed by atoms with van der Waals surface area (Å²) in [6.45, 7) is 0. The molecule has 0 N–H and O–H groups in total. The summed E-state index contributed by atoms with van der Waals surface area (Å²) in [5.41, 5.74) is 3.77.